The Labute approximate surface area is 98.6 Å². The van der Waals surface area contributed by atoms with Crippen LogP contribution in [0, 0.1) is 0 Å². The van der Waals surface area contributed by atoms with Gasteiger partial charge in [0.25, 0.3) is 0 Å². The molecule has 17 heavy (non-hydrogen) atoms. The van der Waals surface area contributed by atoms with Gasteiger partial charge in [-0.25, -0.2) is 9.48 Å². The standard InChI is InChI=1S/C11H16N4O2/c1-2-17-9(7-12)8-15-11(16)14-6-4-3-5-10(14)13-15/h3-6,9H,2,7-8,12H2,1H3. The monoisotopic (exact) mass is 236 g/mol. The number of fused-ring (bicyclic) bond motifs is 1. The second-order valence-electron chi connectivity index (χ2n) is 3.71. The summed E-state index contributed by atoms with van der Waals surface area (Å²) in [5.41, 5.74) is 6.04. The third kappa shape index (κ3) is 2.37. The van der Waals surface area contributed by atoms with Crippen molar-refractivity contribution in [2.24, 2.45) is 5.73 Å². The average Bonchev–Trinajstić information content (AvgIpc) is 2.66. The summed E-state index contributed by atoms with van der Waals surface area (Å²) < 4.78 is 8.30. The normalized spacial score (nSPS) is 13.1. The van der Waals surface area contributed by atoms with E-state index >= 15 is 0 Å². The molecule has 1 atom stereocenters. The third-order valence-electron chi connectivity index (χ3n) is 2.53. The predicted octanol–water partition coefficient (Wildman–Crippen LogP) is -0.140. The van der Waals surface area contributed by atoms with Crippen LogP contribution in [0.1, 0.15) is 6.92 Å². The van der Waals surface area contributed by atoms with E-state index in [-0.39, 0.29) is 11.8 Å². The van der Waals surface area contributed by atoms with E-state index in [0.29, 0.717) is 25.3 Å². The minimum atomic E-state index is -0.178. The summed E-state index contributed by atoms with van der Waals surface area (Å²) in [6, 6.07) is 5.43. The highest BCUT2D eigenvalue weighted by atomic mass is 16.5. The molecule has 0 fully saturated rings. The Hall–Kier alpha value is -1.66. The molecule has 92 valence electrons. The Kier molecular flexibility index (Phi) is 3.55. The molecule has 0 saturated carbocycles. The molecule has 0 bridgehead atoms. The van der Waals surface area contributed by atoms with Crippen LogP contribution < -0.4 is 11.4 Å². The van der Waals surface area contributed by atoms with Crippen molar-refractivity contribution in [3.8, 4) is 0 Å². The number of aromatic nitrogens is 3. The van der Waals surface area contributed by atoms with E-state index in [1.807, 2.05) is 13.0 Å². The number of hydrogen-bond acceptors (Lipinski definition) is 4. The van der Waals surface area contributed by atoms with Crippen molar-refractivity contribution in [3.63, 3.8) is 0 Å². The predicted molar refractivity (Wildman–Crippen MR) is 63.9 cm³/mol. The van der Waals surface area contributed by atoms with Crippen molar-refractivity contribution >= 4 is 5.65 Å². The lowest BCUT2D eigenvalue weighted by molar-refractivity contribution is 0.0535. The Bertz CT molecular complexity index is 546. The maximum Gasteiger partial charge on any atom is 0.350 e. The van der Waals surface area contributed by atoms with Crippen molar-refractivity contribution in [3.05, 3.63) is 34.9 Å². The van der Waals surface area contributed by atoms with Crippen molar-refractivity contribution in [2.45, 2.75) is 19.6 Å². The van der Waals surface area contributed by atoms with Crippen molar-refractivity contribution in [2.75, 3.05) is 13.2 Å². The number of nitrogens with two attached hydrogens (primary N) is 1. The van der Waals surface area contributed by atoms with Gasteiger partial charge in [0.2, 0.25) is 0 Å². The molecule has 0 aromatic carbocycles. The summed E-state index contributed by atoms with van der Waals surface area (Å²) in [7, 11) is 0. The SMILES string of the molecule is CCOC(CN)Cn1nc2ccccn2c1=O. The number of ether oxygens (including phenoxy) is 1. The first-order chi connectivity index (χ1) is 8.26. The van der Waals surface area contributed by atoms with E-state index in [1.165, 1.54) is 9.08 Å². The smallest absolute Gasteiger partial charge is 0.350 e. The van der Waals surface area contributed by atoms with E-state index in [9.17, 15) is 4.79 Å². The quantitative estimate of drug-likeness (QED) is 0.784. The summed E-state index contributed by atoms with van der Waals surface area (Å²) in [5, 5.41) is 4.21. The second kappa shape index (κ2) is 5.11. The summed E-state index contributed by atoms with van der Waals surface area (Å²) >= 11 is 0. The fourth-order valence-electron chi connectivity index (χ4n) is 1.71. The fourth-order valence-corrected chi connectivity index (χ4v) is 1.71. The number of hydrogen-bond donors (Lipinski definition) is 1. The highest BCUT2D eigenvalue weighted by Crippen LogP contribution is 1.98. The molecule has 2 aromatic heterocycles. The molecule has 1 unspecified atom stereocenters. The van der Waals surface area contributed by atoms with Crippen LogP contribution in [0.5, 0.6) is 0 Å². The van der Waals surface area contributed by atoms with Gasteiger partial charge in [0.15, 0.2) is 5.65 Å². The highest BCUT2D eigenvalue weighted by Gasteiger charge is 2.12. The van der Waals surface area contributed by atoms with Crippen LogP contribution in [0.2, 0.25) is 0 Å². The Morgan fingerprint density at radius 1 is 1.53 bits per heavy atom. The van der Waals surface area contributed by atoms with Crippen molar-refractivity contribution in [1.29, 1.82) is 0 Å². The first-order valence-electron chi connectivity index (χ1n) is 5.62. The maximum atomic E-state index is 12.0. The molecular weight excluding hydrogens is 220 g/mol. The minimum absolute atomic E-state index is 0.168. The van der Waals surface area contributed by atoms with E-state index < -0.39 is 0 Å². The molecule has 2 heterocycles. The first kappa shape index (κ1) is 11.8. The van der Waals surface area contributed by atoms with E-state index in [1.54, 1.807) is 18.3 Å². The van der Waals surface area contributed by atoms with Gasteiger partial charge in [-0.3, -0.25) is 4.40 Å². The Balaban J connectivity index is 2.29. The van der Waals surface area contributed by atoms with Crippen molar-refractivity contribution < 1.29 is 4.74 Å². The van der Waals surface area contributed by atoms with Crippen LogP contribution in [0.3, 0.4) is 0 Å². The van der Waals surface area contributed by atoms with Crippen LogP contribution in [-0.2, 0) is 11.3 Å². The molecule has 0 aliphatic carbocycles. The zero-order valence-corrected chi connectivity index (χ0v) is 9.74. The topological polar surface area (TPSA) is 74.6 Å². The Morgan fingerprint density at radius 3 is 3.00 bits per heavy atom. The molecule has 0 aliphatic heterocycles. The molecule has 0 saturated heterocycles. The van der Waals surface area contributed by atoms with Crippen molar-refractivity contribution in [1.82, 2.24) is 14.2 Å². The van der Waals surface area contributed by atoms with Crippen LogP contribution in [0.25, 0.3) is 5.65 Å². The Morgan fingerprint density at radius 2 is 2.35 bits per heavy atom. The average molecular weight is 236 g/mol. The van der Waals surface area contributed by atoms with Crippen LogP contribution in [-0.4, -0.2) is 33.4 Å². The van der Waals surface area contributed by atoms with E-state index in [0.717, 1.165) is 0 Å². The molecule has 6 nitrogen and oxygen atoms in total. The number of nitrogens with zero attached hydrogens (tertiary/aromatic N) is 3. The molecule has 0 amide bonds. The van der Waals surface area contributed by atoms with E-state index in [2.05, 4.69) is 5.10 Å². The van der Waals surface area contributed by atoms with Gasteiger partial charge in [-0.2, -0.15) is 0 Å². The second-order valence-corrected chi connectivity index (χ2v) is 3.71. The lowest BCUT2D eigenvalue weighted by Gasteiger charge is -2.13. The molecule has 0 spiro atoms. The summed E-state index contributed by atoms with van der Waals surface area (Å²) in [5.74, 6) is 0. The van der Waals surface area contributed by atoms with Crippen LogP contribution in [0.15, 0.2) is 29.2 Å². The zero-order valence-electron chi connectivity index (χ0n) is 9.74. The van der Waals surface area contributed by atoms with Gasteiger partial charge in [0.05, 0.1) is 12.6 Å². The third-order valence-corrected chi connectivity index (χ3v) is 2.53. The zero-order chi connectivity index (χ0) is 12.3. The molecular formula is C11H16N4O2. The summed E-state index contributed by atoms with van der Waals surface area (Å²) in [6.07, 6.45) is 1.52. The van der Waals surface area contributed by atoms with Gasteiger partial charge in [0, 0.05) is 19.3 Å². The number of rotatable bonds is 5. The molecule has 6 heteroatoms. The van der Waals surface area contributed by atoms with Crippen LogP contribution >= 0.6 is 0 Å². The number of pyridine rings is 1. The maximum absolute atomic E-state index is 12.0. The van der Waals surface area contributed by atoms with Gasteiger partial charge in [-0.05, 0) is 19.1 Å². The highest BCUT2D eigenvalue weighted by molar-refractivity contribution is 5.35. The lowest BCUT2D eigenvalue weighted by atomic mass is 10.3. The van der Waals surface area contributed by atoms with Crippen LogP contribution in [0.4, 0.5) is 0 Å². The lowest BCUT2D eigenvalue weighted by Crippen LogP contribution is -2.33. The van der Waals surface area contributed by atoms with Gasteiger partial charge in [-0.1, -0.05) is 6.07 Å². The minimum Gasteiger partial charge on any atom is -0.375 e. The molecule has 2 N–H and O–H groups in total. The largest absolute Gasteiger partial charge is 0.375 e. The first-order valence-corrected chi connectivity index (χ1v) is 5.62. The van der Waals surface area contributed by atoms with Gasteiger partial charge in [0.1, 0.15) is 0 Å². The summed E-state index contributed by atoms with van der Waals surface area (Å²) in [4.78, 5) is 12.0. The van der Waals surface area contributed by atoms with Gasteiger partial charge >= 0.3 is 5.69 Å². The molecule has 2 aromatic rings. The molecule has 2 rings (SSSR count). The fraction of sp³-hybridized carbons (Fsp3) is 0.455. The van der Waals surface area contributed by atoms with Gasteiger partial charge < -0.3 is 10.5 Å². The van der Waals surface area contributed by atoms with E-state index in [4.69, 9.17) is 10.5 Å². The van der Waals surface area contributed by atoms with Gasteiger partial charge in [-0.15, -0.1) is 5.10 Å². The molecule has 0 aliphatic rings. The molecule has 0 radical (unpaired) electrons. The summed E-state index contributed by atoms with van der Waals surface area (Å²) in [6.45, 7) is 3.22.